The summed E-state index contributed by atoms with van der Waals surface area (Å²) in [5.41, 5.74) is 1.97. The fourth-order valence-electron chi connectivity index (χ4n) is 3.12. The highest BCUT2D eigenvalue weighted by atomic mass is 16.5. The monoisotopic (exact) mass is 352 g/mol. The van der Waals surface area contributed by atoms with Gasteiger partial charge in [-0.1, -0.05) is 12.1 Å². The van der Waals surface area contributed by atoms with Crippen LogP contribution in [0.5, 0.6) is 5.75 Å². The lowest BCUT2D eigenvalue weighted by Gasteiger charge is -2.28. The number of rotatable bonds is 4. The zero-order chi connectivity index (χ0) is 18.3. The maximum Gasteiger partial charge on any atom is 0.420 e. The van der Waals surface area contributed by atoms with E-state index in [9.17, 15) is 14.4 Å². The second-order valence-electron chi connectivity index (χ2n) is 5.95. The van der Waals surface area contributed by atoms with Crippen LogP contribution in [0.15, 0.2) is 51.7 Å². The highest BCUT2D eigenvalue weighted by Crippen LogP contribution is 2.33. The van der Waals surface area contributed by atoms with Crippen LogP contribution in [0.4, 0.5) is 5.69 Å². The normalized spacial score (nSPS) is 13.6. The van der Waals surface area contributed by atoms with Crippen molar-refractivity contribution in [2.24, 2.45) is 0 Å². The first kappa shape index (κ1) is 16.1. The van der Waals surface area contributed by atoms with Crippen molar-refractivity contribution < 1.29 is 18.7 Å². The topological polar surface area (TPSA) is 81.8 Å². The van der Waals surface area contributed by atoms with Gasteiger partial charge in [-0.15, -0.1) is 0 Å². The molecule has 7 heteroatoms. The highest BCUT2D eigenvalue weighted by Gasteiger charge is 2.25. The van der Waals surface area contributed by atoms with Crippen LogP contribution in [0.1, 0.15) is 17.3 Å². The Labute approximate surface area is 148 Å². The molecule has 132 valence electrons. The van der Waals surface area contributed by atoms with Crippen molar-refractivity contribution in [1.29, 1.82) is 0 Å². The Morgan fingerprint density at radius 1 is 1.15 bits per heavy atom. The number of nitrogens with zero attached hydrogens (tertiary/aromatic N) is 2. The van der Waals surface area contributed by atoms with E-state index in [-0.39, 0.29) is 24.8 Å². The quantitative estimate of drug-likeness (QED) is 0.673. The summed E-state index contributed by atoms with van der Waals surface area (Å²) < 4.78 is 11.9. The first-order chi connectivity index (χ1) is 12.6. The first-order valence-corrected chi connectivity index (χ1v) is 8.27. The third-order valence-corrected chi connectivity index (χ3v) is 4.42. The van der Waals surface area contributed by atoms with Crippen LogP contribution in [0, 0.1) is 0 Å². The van der Waals surface area contributed by atoms with Crippen molar-refractivity contribution in [3.8, 4) is 5.75 Å². The standard InChI is InChI=1S/C19H16N2O5/c1-2-20-14-9-12(7-8-16(14)25-11-18(20)23)15(22)10-21-13-5-3-4-6-17(13)26-19(21)24/h3-9H,2,10-11H2,1H3. The summed E-state index contributed by atoms with van der Waals surface area (Å²) >= 11 is 0. The maximum atomic E-state index is 12.7. The molecule has 3 aromatic rings. The van der Waals surface area contributed by atoms with Crippen molar-refractivity contribution in [1.82, 2.24) is 4.57 Å². The number of oxazole rings is 1. The molecule has 2 aromatic carbocycles. The van der Waals surface area contributed by atoms with Crippen LogP contribution in [-0.2, 0) is 11.3 Å². The number of ether oxygens (including phenoxy) is 1. The van der Waals surface area contributed by atoms with E-state index in [1.807, 2.05) is 6.92 Å². The van der Waals surface area contributed by atoms with E-state index in [4.69, 9.17) is 9.15 Å². The highest BCUT2D eigenvalue weighted by molar-refractivity contribution is 6.02. The number of likely N-dealkylation sites (N-methyl/N-ethyl adjacent to an activating group) is 1. The molecule has 1 aromatic heterocycles. The third-order valence-electron chi connectivity index (χ3n) is 4.42. The molecule has 4 rings (SSSR count). The summed E-state index contributed by atoms with van der Waals surface area (Å²) in [5, 5.41) is 0. The summed E-state index contributed by atoms with van der Waals surface area (Å²) in [7, 11) is 0. The molecule has 2 heterocycles. The molecule has 26 heavy (non-hydrogen) atoms. The van der Waals surface area contributed by atoms with Gasteiger partial charge in [0.1, 0.15) is 5.75 Å². The van der Waals surface area contributed by atoms with Gasteiger partial charge in [0.15, 0.2) is 18.0 Å². The molecule has 0 radical (unpaired) electrons. The summed E-state index contributed by atoms with van der Waals surface area (Å²) in [6.45, 7) is 2.19. The van der Waals surface area contributed by atoms with E-state index >= 15 is 0 Å². The van der Waals surface area contributed by atoms with Gasteiger partial charge in [0.25, 0.3) is 5.91 Å². The van der Waals surface area contributed by atoms with Crippen molar-refractivity contribution in [3.63, 3.8) is 0 Å². The van der Waals surface area contributed by atoms with Crippen LogP contribution in [-0.4, -0.2) is 29.4 Å². The number of carbonyl (C=O) groups is 2. The summed E-state index contributed by atoms with van der Waals surface area (Å²) in [4.78, 5) is 38.3. The van der Waals surface area contributed by atoms with Crippen LogP contribution >= 0.6 is 0 Å². The van der Waals surface area contributed by atoms with E-state index in [1.54, 1.807) is 47.4 Å². The Bertz CT molecular complexity index is 1080. The Balaban J connectivity index is 1.69. The predicted octanol–water partition coefficient (Wildman–Crippen LogP) is 2.22. The lowest BCUT2D eigenvalue weighted by molar-refractivity contribution is -0.121. The zero-order valence-electron chi connectivity index (χ0n) is 14.1. The zero-order valence-corrected chi connectivity index (χ0v) is 14.1. The summed E-state index contributed by atoms with van der Waals surface area (Å²) in [5.74, 6) is -0.419. The molecular weight excluding hydrogens is 336 g/mol. The number of anilines is 1. The number of hydrogen-bond donors (Lipinski definition) is 0. The molecule has 1 aliphatic rings. The lowest BCUT2D eigenvalue weighted by atomic mass is 10.1. The lowest BCUT2D eigenvalue weighted by Crippen LogP contribution is -2.38. The fraction of sp³-hybridized carbons (Fsp3) is 0.211. The number of carbonyl (C=O) groups excluding carboxylic acids is 2. The molecule has 1 amide bonds. The maximum absolute atomic E-state index is 12.7. The Morgan fingerprint density at radius 3 is 2.77 bits per heavy atom. The van der Waals surface area contributed by atoms with Crippen molar-refractivity contribution in [3.05, 3.63) is 58.6 Å². The molecule has 1 aliphatic heterocycles. The number of aromatic nitrogens is 1. The minimum atomic E-state index is -0.578. The number of amides is 1. The van der Waals surface area contributed by atoms with Gasteiger partial charge in [-0.2, -0.15) is 0 Å². The number of Topliss-reactive ketones (excluding diaryl/α,β-unsaturated/α-hetero) is 1. The van der Waals surface area contributed by atoms with Crippen molar-refractivity contribution in [2.45, 2.75) is 13.5 Å². The number of ketones is 1. The minimum Gasteiger partial charge on any atom is -0.482 e. The third kappa shape index (κ3) is 2.57. The largest absolute Gasteiger partial charge is 0.482 e. The molecule has 7 nitrogen and oxygen atoms in total. The first-order valence-electron chi connectivity index (χ1n) is 8.27. The van der Waals surface area contributed by atoms with Gasteiger partial charge in [0, 0.05) is 12.1 Å². The van der Waals surface area contributed by atoms with E-state index in [1.165, 1.54) is 4.57 Å². The van der Waals surface area contributed by atoms with Crippen LogP contribution in [0.25, 0.3) is 11.1 Å². The van der Waals surface area contributed by atoms with E-state index in [0.717, 1.165) is 0 Å². The second kappa shape index (κ2) is 6.18. The van der Waals surface area contributed by atoms with Gasteiger partial charge in [0.2, 0.25) is 0 Å². The van der Waals surface area contributed by atoms with Crippen LogP contribution in [0.2, 0.25) is 0 Å². The summed E-state index contributed by atoms with van der Waals surface area (Å²) in [6, 6.07) is 11.9. The average molecular weight is 352 g/mol. The molecule has 0 saturated carbocycles. The van der Waals surface area contributed by atoms with Gasteiger partial charge in [-0.3, -0.25) is 14.2 Å². The fourth-order valence-corrected chi connectivity index (χ4v) is 3.12. The SMILES string of the molecule is CCN1C(=O)COc2ccc(C(=O)Cn3c(=O)oc4ccccc43)cc21. The minimum absolute atomic E-state index is 0.00939. The number of fused-ring (bicyclic) bond motifs is 2. The average Bonchev–Trinajstić information content (AvgIpc) is 2.96. The van der Waals surface area contributed by atoms with Crippen molar-refractivity contribution >= 4 is 28.5 Å². The molecule has 0 unspecified atom stereocenters. The van der Waals surface area contributed by atoms with Crippen molar-refractivity contribution in [2.75, 3.05) is 18.1 Å². The second-order valence-corrected chi connectivity index (χ2v) is 5.95. The molecule has 0 aliphatic carbocycles. The van der Waals surface area contributed by atoms with E-state index in [0.29, 0.717) is 34.6 Å². The molecule has 0 fully saturated rings. The van der Waals surface area contributed by atoms with Gasteiger partial charge >= 0.3 is 5.76 Å². The molecule has 0 saturated heterocycles. The molecule has 0 bridgehead atoms. The van der Waals surface area contributed by atoms with E-state index < -0.39 is 5.76 Å². The van der Waals surface area contributed by atoms with Crippen LogP contribution < -0.4 is 15.4 Å². The van der Waals surface area contributed by atoms with Gasteiger partial charge in [0.05, 0.1) is 17.7 Å². The number of para-hydroxylation sites is 2. The van der Waals surface area contributed by atoms with Gasteiger partial charge < -0.3 is 14.1 Å². The molecule has 0 atom stereocenters. The molecule has 0 spiro atoms. The smallest absolute Gasteiger partial charge is 0.420 e. The summed E-state index contributed by atoms with van der Waals surface area (Å²) in [6.07, 6.45) is 0. The van der Waals surface area contributed by atoms with Crippen LogP contribution in [0.3, 0.4) is 0 Å². The predicted molar refractivity (Wildman–Crippen MR) is 94.8 cm³/mol. The van der Waals surface area contributed by atoms with Gasteiger partial charge in [-0.05, 0) is 37.3 Å². The number of benzene rings is 2. The molecular formula is C19H16N2O5. The Hall–Kier alpha value is -3.35. The Morgan fingerprint density at radius 2 is 1.96 bits per heavy atom. The van der Waals surface area contributed by atoms with E-state index in [2.05, 4.69) is 0 Å². The Kier molecular flexibility index (Phi) is 3.84. The number of hydrogen-bond acceptors (Lipinski definition) is 5. The van der Waals surface area contributed by atoms with Gasteiger partial charge in [-0.25, -0.2) is 4.79 Å². The molecule has 0 N–H and O–H groups in total.